The van der Waals surface area contributed by atoms with Gasteiger partial charge < -0.3 is 19.5 Å². The Morgan fingerprint density at radius 2 is 1.84 bits per heavy atom. The highest BCUT2D eigenvalue weighted by molar-refractivity contribution is 6.03. The van der Waals surface area contributed by atoms with Crippen LogP contribution in [0.25, 0.3) is 11.0 Å². The minimum absolute atomic E-state index is 0.0785. The first kappa shape index (κ1) is 29.1. The predicted octanol–water partition coefficient (Wildman–Crippen LogP) is 2.89. The van der Waals surface area contributed by atoms with Crippen LogP contribution in [0.5, 0.6) is 0 Å². The molecule has 1 aromatic heterocycles. The van der Waals surface area contributed by atoms with Crippen molar-refractivity contribution < 1.29 is 28.6 Å². The van der Waals surface area contributed by atoms with Crippen molar-refractivity contribution in [3.63, 3.8) is 0 Å². The molecular weight excluding hydrogens is 490 g/mol. The molecule has 10 heteroatoms. The molecule has 1 amide bonds. The monoisotopic (exact) mass is 527 g/mol. The van der Waals surface area contributed by atoms with E-state index in [0.29, 0.717) is 68.6 Å². The molecule has 1 aliphatic rings. The number of ether oxygens (including phenoxy) is 3. The van der Waals surface area contributed by atoms with E-state index in [-0.39, 0.29) is 30.3 Å². The number of rotatable bonds is 10. The van der Waals surface area contributed by atoms with Gasteiger partial charge in [-0.15, -0.1) is 0 Å². The van der Waals surface area contributed by atoms with Crippen molar-refractivity contribution in [3.05, 3.63) is 34.2 Å². The van der Waals surface area contributed by atoms with E-state index in [9.17, 15) is 19.2 Å². The standard InChI is InChI=1S/C28H37N3O7/c1-28(2,3)38-26(34)29-14-7-16-37-18-8-17-36-15-6-10-20-9-5-11-23-25(20)30(4)27(35)31(23)22-13-12-21(32)19-24(22)33/h5,9,11,22H,7-8,12-19H2,1-4H3,(H,29,34). The van der Waals surface area contributed by atoms with Crippen LogP contribution in [0.1, 0.15) is 64.5 Å². The molecule has 0 bridgehead atoms. The van der Waals surface area contributed by atoms with Gasteiger partial charge in [-0.3, -0.25) is 18.7 Å². The number of hydrogen-bond donors (Lipinski definition) is 1. The molecule has 1 unspecified atom stereocenters. The quantitative estimate of drug-likeness (QED) is 0.287. The third kappa shape index (κ3) is 8.04. The minimum atomic E-state index is -0.626. The Bertz CT molecular complexity index is 1270. The molecule has 0 radical (unpaired) electrons. The summed E-state index contributed by atoms with van der Waals surface area (Å²) in [5.74, 6) is 5.76. The Hall–Kier alpha value is -3.42. The number of ketones is 2. The van der Waals surface area contributed by atoms with Gasteiger partial charge in [0.25, 0.3) is 0 Å². The van der Waals surface area contributed by atoms with Gasteiger partial charge in [0.15, 0.2) is 5.78 Å². The highest BCUT2D eigenvalue weighted by atomic mass is 16.6. The zero-order valence-electron chi connectivity index (χ0n) is 22.6. The summed E-state index contributed by atoms with van der Waals surface area (Å²) in [7, 11) is 1.66. The zero-order chi connectivity index (χ0) is 27.7. The molecule has 2 aromatic rings. The van der Waals surface area contributed by atoms with Gasteiger partial charge in [0.05, 0.1) is 35.7 Å². The number of aromatic nitrogens is 2. The number of nitrogens with one attached hydrogen (secondary N) is 1. The van der Waals surface area contributed by atoms with Gasteiger partial charge >= 0.3 is 11.8 Å². The van der Waals surface area contributed by atoms with Gasteiger partial charge in [0, 0.05) is 33.2 Å². The van der Waals surface area contributed by atoms with Crippen molar-refractivity contribution in [2.75, 3.05) is 33.0 Å². The highest BCUT2D eigenvalue weighted by Crippen LogP contribution is 2.27. The summed E-state index contributed by atoms with van der Waals surface area (Å²) in [6.45, 7) is 7.73. The van der Waals surface area contributed by atoms with Crippen LogP contribution < -0.4 is 11.0 Å². The van der Waals surface area contributed by atoms with E-state index >= 15 is 0 Å². The third-order valence-corrected chi connectivity index (χ3v) is 5.96. The van der Waals surface area contributed by atoms with E-state index in [2.05, 4.69) is 17.2 Å². The third-order valence-electron chi connectivity index (χ3n) is 5.96. The molecule has 1 saturated carbocycles. The van der Waals surface area contributed by atoms with Crippen molar-refractivity contribution >= 4 is 28.7 Å². The number of para-hydroxylation sites is 1. The normalized spacial score (nSPS) is 15.8. The van der Waals surface area contributed by atoms with Gasteiger partial charge in [0.1, 0.15) is 18.0 Å². The summed E-state index contributed by atoms with van der Waals surface area (Å²) in [5, 5.41) is 2.69. The number of imidazole rings is 1. The summed E-state index contributed by atoms with van der Waals surface area (Å²) in [4.78, 5) is 48.7. The van der Waals surface area contributed by atoms with E-state index in [1.165, 1.54) is 9.13 Å². The van der Waals surface area contributed by atoms with E-state index in [4.69, 9.17) is 14.2 Å². The molecule has 1 aromatic carbocycles. The average Bonchev–Trinajstić information content (AvgIpc) is 3.09. The number of amides is 1. The van der Waals surface area contributed by atoms with Gasteiger partial charge in [-0.2, -0.15) is 0 Å². The number of carbonyl (C=O) groups is 3. The van der Waals surface area contributed by atoms with Crippen LogP contribution in [-0.4, -0.2) is 65.4 Å². The molecule has 1 N–H and O–H groups in total. The first-order chi connectivity index (χ1) is 18.1. The first-order valence-corrected chi connectivity index (χ1v) is 12.9. The number of aryl methyl sites for hydroxylation is 1. The molecule has 1 fully saturated rings. The van der Waals surface area contributed by atoms with E-state index in [1.54, 1.807) is 13.1 Å². The van der Waals surface area contributed by atoms with Crippen LogP contribution in [0.4, 0.5) is 4.79 Å². The second kappa shape index (κ2) is 13.4. The maximum atomic E-state index is 13.0. The maximum Gasteiger partial charge on any atom is 0.407 e. The smallest absolute Gasteiger partial charge is 0.407 e. The zero-order valence-corrected chi connectivity index (χ0v) is 22.6. The Labute approximate surface area is 222 Å². The molecule has 206 valence electrons. The lowest BCUT2D eigenvalue weighted by molar-refractivity contribution is -0.132. The van der Waals surface area contributed by atoms with Gasteiger partial charge in [-0.05, 0) is 52.2 Å². The molecule has 38 heavy (non-hydrogen) atoms. The number of Topliss-reactive ketones (excluding diaryl/α,β-unsaturated/α-hetero) is 2. The van der Waals surface area contributed by atoms with Crippen molar-refractivity contribution in [1.29, 1.82) is 0 Å². The Morgan fingerprint density at radius 1 is 1.11 bits per heavy atom. The fraction of sp³-hybridized carbons (Fsp3) is 0.571. The summed E-state index contributed by atoms with van der Waals surface area (Å²) in [6, 6.07) is 4.81. The number of carbonyl (C=O) groups excluding carboxylic acids is 3. The first-order valence-electron chi connectivity index (χ1n) is 12.9. The lowest BCUT2D eigenvalue weighted by Crippen LogP contribution is -2.34. The van der Waals surface area contributed by atoms with Crippen molar-refractivity contribution in [3.8, 4) is 11.8 Å². The molecule has 0 saturated heterocycles. The second-order valence-electron chi connectivity index (χ2n) is 10.2. The fourth-order valence-corrected chi connectivity index (χ4v) is 4.27. The summed E-state index contributed by atoms with van der Waals surface area (Å²) in [5.41, 5.74) is 1.16. The Balaban J connectivity index is 1.42. The molecule has 0 spiro atoms. The van der Waals surface area contributed by atoms with Crippen LogP contribution in [0.2, 0.25) is 0 Å². The van der Waals surface area contributed by atoms with Gasteiger partial charge in [-0.25, -0.2) is 9.59 Å². The van der Waals surface area contributed by atoms with E-state index in [1.807, 2.05) is 32.9 Å². The van der Waals surface area contributed by atoms with E-state index < -0.39 is 17.7 Å². The number of alkyl carbamates (subject to hydrolysis) is 1. The summed E-state index contributed by atoms with van der Waals surface area (Å²) >= 11 is 0. The Morgan fingerprint density at radius 3 is 2.58 bits per heavy atom. The SMILES string of the molecule is Cn1c(=O)n(C2CCC(=O)CC2=O)c2cccc(C#CCOCCCOCCCNC(=O)OC(C)(C)C)c21. The molecule has 1 aliphatic carbocycles. The number of fused-ring (bicyclic) bond motifs is 1. The minimum Gasteiger partial charge on any atom is -0.444 e. The molecular formula is C28H37N3O7. The number of hydrogen-bond acceptors (Lipinski definition) is 7. The molecule has 1 atom stereocenters. The largest absolute Gasteiger partial charge is 0.444 e. The Kier molecular flexibility index (Phi) is 10.3. The van der Waals surface area contributed by atoms with Crippen LogP contribution in [0.3, 0.4) is 0 Å². The average molecular weight is 528 g/mol. The second-order valence-corrected chi connectivity index (χ2v) is 10.2. The van der Waals surface area contributed by atoms with Crippen molar-refractivity contribution in [1.82, 2.24) is 14.5 Å². The lowest BCUT2D eigenvalue weighted by atomic mass is 9.92. The van der Waals surface area contributed by atoms with Crippen LogP contribution in [0.15, 0.2) is 23.0 Å². The lowest BCUT2D eigenvalue weighted by Gasteiger charge is -2.21. The van der Waals surface area contributed by atoms with Crippen molar-refractivity contribution in [2.24, 2.45) is 7.05 Å². The predicted molar refractivity (Wildman–Crippen MR) is 142 cm³/mol. The van der Waals surface area contributed by atoms with Crippen LogP contribution >= 0.6 is 0 Å². The van der Waals surface area contributed by atoms with Gasteiger partial charge in [0.2, 0.25) is 0 Å². The van der Waals surface area contributed by atoms with Gasteiger partial charge in [-0.1, -0.05) is 17.9 Å². The fourth-order valence-electron chi connectivity index (χ4n) is 4.27. The molecule has 0 aliphatic heterocycles. The maximum absolute atomic E-state index is 13.0. The topological polar surface area (TPSA) is 118 Å². The van der Waals surface area contributed by atoms with Crippen LogP contribution in [-0.2, 0) is 30.8 Å². The molecule has 1 heterocycles. The number of benzene rings is 1. The highest BCUT2D eigenvalue weighted by Gasteiger charge is 2.31. The summed E-state index contributed by atoms with van der Waals surface area (Å²) < 4.78 is 19.3. The number of nitrogens with zero attached hydrogens (tertiary/aromatic N) is 2. The molecule has 10 nitrogen and oxygen atoms in total. The van der Waals surface area contributed by atoms with Crippen molar-refractivity contribution in [2.45, 2.75) is 64.5 Å². The van der Waals surface area contributed by atoms with Crippen LogP contribution in [0, 0.1) is 11.8 Å². The summed E-state index contributed by atoms with van der Waals surface area (Å²) in [6.07, 6.45) is 1.49. The molecule has 3 rings (SSSR count). The van der Waals surface area contributed by atoms with E-state index in [0.717, 1.165) is 0 Å².